The van der Waals surface area contributed by atoms with Crippen molar-refractivity contribution in [3.63, 3.8) is 0 Å². The fourth-order valence-corrected chi connectivity index (χ4v) is 7.33. The molecule has 1 aliphatic heterocycles. The molecule has 0 saturated heterocycles. The van der Waals surface area contributed by atoms with Gasteiger partial charge in [0, 0.05) is 29.9 Å². The molecule has 3 nitrogen and oxygen atoms in total. The van der Waals surface area contributed by atoms with Crippen LogP contribution >= 0.6 is 0 Å². The number of carbonyl (C=O) groups is 1. The molecule has 4 fully saturated rings. The third kappa shape index (κ3) is 3.33. The summed E-state index contributed by atoms with van der Waals surface area (Å²) < 4.78 is 0. The van der Waals surface area contributed by atoms with Crippen LogP contribution in [0.3, 0.4) is 0 Å². The highest BCUT2D eigenvalue weighted by molar-refractivity contribution is 5.94. The van der Waals surface area contributed by atoms with E-state index in [0.717, 1.165) is 36.4 Å². The zero-order valence-electron chi connectivity index (χ0n) is 17.8. The van der Waals surface area contributed by atoms with Crippen LogP contribution in [-0.4, -0.2) is 18.0 Å². The lowest BCUT2D eigenvalue weighted by Crippen LogP contribution is -2.59. The Morgan fingerprint density at radius 3 is 2.30 bits per heavy atom. The Kier molecular flexibility index (Phi) is 4.40. The summed E-state index contributed by atoms with van der Waals surface area (Å²) in [6.07, 6.45) is 10.2. The number of aryl methyl sites for hydroxylation is 1. The van der Waals surface area contributed by atoms with Crippen molar-refractivity contribution in [1.82, 2.24) is 5.32 Å². The van der Waals surface area contributed by atoms with E-state index in [-0.39, 0.29) is 11.4 Å². The van der Waals surface area contributed by atoms with Gasteiger partial charge in [-0.05, 0) is 98.4 Å². The third-order valence-corrected chi connectivity index (χ3v) is 8.21. The Labute approximate surface area is 179 Å². The SMILES string of the molecule is O=C(NC12CC3CC(CC(C3)C1)C2)c1ccc(CN2CCCc3ccccc32)cc1. The standard InChI is InChI=1S/C27H32N2O/c30-26(28-27-15-20-12-21(16-27)14-22(13-20)17-27)24-9-7-19(8-10-24)18-29-11-3-5-23-4-1-2-6-25(23)29/h1-2,4,6-10,20-22H,3,5,11-18H2,(H,28,30). The maximum Gasteiger partial charge on any atom is 0.251 e. The molecule has 4 saturated carbocycles. The molecule has 0 radical (unpaired) electrons. The van der Waals surface area contributed by atoms with Crippen LogP contribution in [0.1, 0.15) is 66.4 Å². The molecule has 30 heavy (non-hydrogen) atoms. The molecule has 2 aromatic rings. The second-order valence-electron chi connectivity index (χ2n) is 10.5. The first-order chi connectivity index (χ1) is 14.7. The zero-order valence-corrected chi connectivity index (χ0v) is 17.8. The van der Waals surface area contributed by atoms with Crippen LogP contribution in [-0.2, 0) is 13.0 Å². The first-order valence-corrected chi connectivity index (χ1v) is 11.9. The van der Waals surface area contributed by atoms with Crippen LogP contribution in [0.5, 0.6) is 0 Å². The molecule has 156 valence electrons. The zero-order chi connectivity index (χ0) is 20.1. The Hall–Kier alpha value is -2.29. The van der Waals surface area contributed by atoms with Crippen molar-refractivity contribution < 1.29 is 4.79 Å². The molecule has 0 aromatic heterocycles. The molecule has 2 aromatic carbocycles. The quantitative estimate of drug-likeness (QED) is 0.751. The predicted molar refractivity (Wildman–Crippen MR) is 121 cm³/mol. The van der Waals surface area contributed by atoms with E-state index < -0.39 is 0 Å². The second-order valence-corrected chi connectivity index (χ2v) is 10.5. The topological polar surface area (TPSA) is 32.3 Å². The molecule has 7 rings (SSSR count). The number of rotatable bonds is 4. The minimum atomic E-state index is 0.0853. The normalized spacial score (nSPS) is 31.5. The molecular formula is C27H32N2O. The number of carbonyl (C=O) groups excluding carboxylic acids is 1. The molecule has 4 aliphatic carbocycles. The summed E-state index contributed by atoms with van der Waals surface area (Å²) in [4.78, 5) is 15.5. The summed E-state index contributed by atoms with van der Waals surface area (Å²) in [5, 5.41) is 3.51. The number of nitrogens with zero attached hydrogens (tertiary/aromatic N) is 1. The van der Waals surface area contributed by atoms with Gasteiger partial charge in [0.1, 0.15) is 0 Å². The van der Waals surface area contributed by atoms with Crippen LogP contribution in [0, 0.1) is 17.8 Å². The van der Waals surface area contributed by atoms with Gasteiger partial charge in [-0.25, -0.2) is 0 Å². The minimum absolute atomic E-state index is 0.0853. The maximum absolute atomic E-state index is 13.1. The number of para-hydroxylation sites is 1. The number of amides is 1. The van der Waals surface area contributed by atoms with E-state index in [4.69, 9.17) is 0 Å². The van der Waals surface area contributed by atoms with E-state index in [9.17, 15) is 4.79 Å². The fourth-order valence-electron chi connectivity index (χ4n) is 7.33. The lowest BCUT2D eigenvalue weighted by atomic mass is 9.53. The average Bonchev–Trinajstić information content (AvgIpc) is 2.73. The molecular weight excluding hydrogens is 368 g/mol. The van der Waals surface area contributed by atoms with Crippen LogP contribution in [0.4, 0.5) is 5.69 Å². The van der Waals surface area contributed by atoms with Gasteiger partial charge in [-0.2, -0.15) is 0 Å². The Morgan fingerprint density at radius 2 is 1.60 bits per heavy atom. The number of hydrogen-bond acceptors (Lipinski definition) is 2. The summed E-state index contributed by atoms with van der Waals surface area (Å²) >= 11 is 0. The lowest BCUT2D eigenvalue weighted by molar-refractivity contribution is -0.0167. The van der Waals surface area contributed by atoms with Crippen LogP contribution < -0.4 is 10.2 Å². The van der Waals surface area contributed by atoms with Crippen LogP contribution in [0.25, 0.3) is 0 Å². The summed E-state index contributed by atoms with van der Waals surface area (Å²) in [5.41, 5.74) is 5.00. The minimum Gasteiger partial charge on any atom is -0.367 e. The van der Waals surface area contributed by atoms with Gasteiger partial charge < -0.3 is 10.2 Å². The number of fused-ring (bicyclic) bond motifs is 1. The largest absolute Gasteiger partial charge is 0.367 e. The summed E-state index contributed by atoms with van der Waals surface area (Å²) in [6.45, 7) is 2.01. The fraction of sp³-hybridized carbons (Fsp3) is 0.519. The van der Waals surface area contributed by atoms with Crippen LogP contribution in [0.2, 0.25) is 0 Å². The van der Waals surface area contributed by atoms with Crippen LogP contribution in [0.15, 0.2) is 48.5 Å². The van der Waals surface area contributed by atoms with Gasteiger partial charge in [-0.3, -0.25) is 4.79 Å². The monoisotopic (exact) mass is 400 g/mol. The van der Waals surface area contributed by atoms with Crippen molar-refractivity contribution in [2.45, 2.75) is 63.5 Å². The Balaban J connectivity index is 1.14. The van der Waals surface area contributed by atoms with Gasteiger partial charge in [0.15, 0.2) is 0 Å². The van der Waals surface area contributed by atoms with Crippen molar-refractivity contribution >= 4 is 11.6 Å². The molecule has 1 N–H and O–H groups in total. The molecule has 3 heteroatoms. The van der Waals surface area contributed by atoms with Gasteiger partial charge >= 0.3 is 0 Å². The summed E-state index contributed by atoms with van der Waals surface area (Å²) in [5.74, 6) is 2.69. The number of nitrogens with one attached hydrogen (secondary N) is 1. The molecule has 0 unspecified atom stereocenters. The van der Waals surface area contributed by atoms with E-state index in [2.05, 4.69) is 46.6 Å². The van der Waals surface area contributed by atoms with E-state index >= 15 is 0 Å². The Bertz CT molecular complexity index is 912. The number of benzene rings is 2. The highest BCUT2D eigenvalue weighted by atomic mass is 16.1. The highest BCUT2D eigenvalue weighted by Gasteiger charge is 2.51. The summed E-state index contributed by atoms with van der Waals surface area (Å²) in [6, 6.07) is 17.1. The van der Waals surface area contributed by atoms with E-state index in [1.54, 1.807) is 0 Å². The maximum atomic E-state index is 13.1. The third-order valence-electron chi connectivity index (χ3n) is 8.21. The first kappa shape index (κ1) is 18.5. The van der Waals surface area contributed by atoms with Crippen molar-refractivity contribution in [3.8, 4) is 0 Å². The molecule has 4 bridgehead atoms. The van der Waals surface area contributed by atoms with E-state index in [0.29, 0.717) is 0 Å². The van der Waals surface area contributed by atoms with E-state index in [1.807, 2.05) is 12.1 Å². The Morgan fingerprint density at radius 1 is 0.933 bits per heavy atom. The summed E-state index contributed by atoms with van der Waals surface area (Å²) in [7, 11) is 0. The van der Waals surface area contributed by atoms with Gasteiger partial charge in [-0.15, -0.1) is 0 Å². The average molecular weight is 401 g/mol. The highest BCUT2D eigenvalue weighted by Crippen LogP contribution is 2.55. The van der Waals surface area contributed by atoms with Crippen molar-refractivity contribution in [3.05, 3.63) is 65.2 Å². The first-order valence-electron chi connectivity index (χ1n) is 11.9. The molecule has 1 amide bonds. The van der Waals surface area contributed by atoms with Crippen molar-refractivity contribution in [1.29, 1.82) is 0 Å². The lowest BCUT2D eigenvalue weighted by Gasteiger charge is -2.56. The molecule has 1 heterocycles. The van der Waals surface area contributed by atoms with Gasteiger partial charge in [0.25, 0.3) is 5.91 Å². The van der Waals surface area contributed by atoms with E-state index in [1.165, 1.54) is 68.2 Å². The molecule has 0 spiro atoms. The van der Waals surface area contributed by atoms with Gasteiger partial charge in [-0.1, -0.05) is 30.3 Å². The number of anilines is 1. The second kappa shape index (κ2) is 7.14. The van der Waals surface area contributed by atoms with Crippen molar-refractivity contribution in [2.24, 2.45) is 17.8 Å². The molecule has 0 atom stereocenters. The van der Waals surface area contributed by atoms with Gasteiger partial charge in [0.2, 0.25) is 0 Å². The number of hydrogen-bond donors (Lipinski definition) is 1. The van der Waals surface area contributed by atoms with Crippen molar-refractivity contribution in [2.75, 3.05) is 11.4 Å². The predicted octanol–water partition coefficient (Wildman–Crippen LogP) is 5.34. The van der Waals surface area contributed by atoms with Gasteiger partial charge in [0.05, 0.1) is 0 Å². The smallest absolute Gasteiger partial charge is 0.251 e. The molecule has 5 aliphatic rings.